The quantitative estimate of drug-likeness (QED) is 0.882. The van der Waals surface area contributed by atoms with Crippen LogP contribution in [-0.2, 0) is 11.3 Å². The average molecular weight is 292 g/mol. The lowest BCUT2D eigenvalue weighted by atomic mass is 10.1. The van der Waals surface area contributed by atoms with E-state index < -0.39 is 0 Å². The molecule has 2 aromatic rings. The monoisotopic (exact) mass is 292 g/mol. The van der Waals surface area contributed by atoms with Gasteiger partial charge in [-0.25, -0.2) is 4.39 Å². The molecule has 1 amide bonds. The first-order valence-corrected chi connectivity index (χ1v) is 7.27. The van der Waals surface area contributed by atoms with Crippen LogP contribution in [0.15, 0.2) is 35.7 Å². The van der Waals surface area contributed by atoms with Crippen LogP contribution in [0.2, 0.25) is 0 Å². The minimum atomic E-state index is -0.230. The summed E-state index contributed by atoms with van der Waals surface area (Å²) in [7, 11) is 0. The molecule has 2 rings (SSSR count). The largest absolute Gasteiger partial charge is 0.325 e. The van der Waals surface area contributed by atoms with Gasteiger partial charge in [0.05, 0.1) is 5.69 Å². The van der Waals surface area contributed by atoms with Gasteiger partial charge < -0.3 is 10.6 Å². The Balaban J connectivity index is 1.98. The van der Waals surface area contributed by atoms with E-state index in [-0.39, 0.29) is 17.8 Å². The molecule has 0 aliphatic rings. The molecule has 106 valence electrons. The van der Waals surface area contributed by atoms with Crippen molar-refractivity contribution in [1.29, 1.82) is 0 Å². The van der Waals surface area contributed by atoms with E-state index in [1.165, 1.54) is 19.1 Å². The van der Waals surface area contributed by atoms with Gasteiger partial charge in [-0.05, 0) is 36.1 Å². The molecule has 0 radical (unpaired) electrons. The Bertz CT molecular complexity index is 597. The first-order chi connectivity index (χ1) is 9.56. The van der Waals surface area contributed by atoms with Crippen LogP contribution in [-0.4, -0.2) is 5.91 Å². The Morgan fingerprint density at radius 3 is 2.90 bits per heavy atom. The summed E-state index contributed by atoms with van der Waals surface area (Å²) >= 11 is 1.58. The summed E-state index contributed by atoms with van der Waals surface area (Å²) in [5.74, 6) is -0.311. The minimum Gasteiger partial charge on any atom is -0.325 e. The Kier molecular flexibility index (Phi) is 4.87. The number of benzene rings is 1. The van der Waals surface area contributed by atoms with Gasteiger partial charge in [0.15, 0.2) is 0 Å². The zero-order valence-electron chi connectivity index (χ0n) is 11.4. The molecule has 1 unspecified atom stereocenters. The fourth-order valence-electron chi connectivity index (χ4n) is 1.92. The molecule has 5 heteroatoms. The highest BCUT2D eigenvalue weighted by molar-refractivity contribution is 7.10. The Morgan fingerprint density at radius 1 is 1.40 bits per heavy atom. The van der Waals surface area contributed by atoms with Crippen LogP contribution < -0.4 is 10.6 Å². The molecule has 0 aliphatic carbocycles. The van der Waals surface area contributed by atoms with Crippen LogP contribution in [0.4, 0.5) is 10.1 Å². The number of anilines is 1. The highest BCUT2D eigenvalue weighted by atomic mass is 32.1. The molecule has 0 spiro atoms. The van der Waals surface area contributed by atoms with E-state index in [4.69, 9.17) is 0 Å². The van der Waals surface area contributed by atoms with Crippen LogP contribution >= 0.6 is 11.3 Å². The molecule has 1 atom stereocenters. The Labute approximate surface area is 121 Å². The fourth-order valence-corrected chi connectivity index (χ4v) is 2.70. The maximum absolute atomic E-state index is 13.2. The fraction of sp³-hybridized carbons (Fsp3) is 0.267. The SMILES string of the molecule is CC(=O)Nc1ccsc1CNC(C)c1cccc(F)c1. The van der Waals surface area contributed by atoms with Gasteiger partial charge in [0, 0.05) is 24.4 Å². The summed E-state index contributed by atoms with van der Waals surface area (Å²) in [4.78, 5) is 12.2. The Morgan fingerprint density at radius 2 is 2.20 bits per heavy atom. The third-order valence-corrected chi connectivity index (χ3v) is 3.89. The first-order valence-electron chi connectivity index (χ1n) is 6.39. The molecular weight excluding hydrogens is 275 g/mol. The normalized spacial score (nSPS) is 12.2. The van der Waals surface area contributed by atoms with Crippen LogP contribution in [0.5, 0.6) is 0 Å². The van der Waals surface area contributed by atoms with Gasteiger partial charge >= 0.3 is 0 Å². The van der Waals surface area contributed by atoms with E-state index in [2.05, 4.69) is 10.6 Å². The molecule has 3 nitrogen and oxygen atoms in total. The lowest BCUT2D eigenvalue weighted by Gasteiger charge is -2.14. The second-order valence-corrected chi connectivity index (χ2v) is 5.60. The molecule has 1 heterocycles. The Hall–Kier alpha value is -1.72. The molecular formula is C15H17FN2OS. The van der Waals surface area contributed by atoms with Gasteiger partial charge in [0.1, 0.15) is 5.82 Å². The maximum atomic E-state index is 13.2. The van der Waals surface area contributed by atoms with Gasteiger partial charge in [-0.3, -0.25) is 4.79 Å². The second kappa shape index (κ2) is 6.63. The van der Waals surface area contributed by atoms with Crippen molar-refractivity contribution >= 4 is 22.9 Å². The van der Waals surface area contributed by atoms with Crippen LogP contribution in [0, 0.1) is 5.82 Å². The topological polar surface area (TPSA) is 41.1 Å². The van der Waals surface area contributed by atoms with Crippen LogP contribution in [0.25, 0.3) is 0 Å². The van der Waals surface area contributed by atoms with Gasteiger partial charge in [0.25, 0.3) is 0 Å². The van der Waals surface area contributed by atoms with Gasteiger partial charge in [-0.1, -0.05) is 12.1 Å². The zero-order valence-corrected chi connectivity index (χ0v) is 12.3. The molecule has 0 fully saturated rings. The summed E-state index contributed by atoms with van der Waals surface area (Å²) < 4.78 is 13.2. The van der Waals surface area contributed by atoms with Crippen molar-refractivity contribution in [3.05, 3.63) is 52.0 Å². The van der Waals surface area contributed by atoms with Crippen molar-refractivity contribution < 1.29 is 9.18 Å². The highest BCUT2D eigenvalue weighted by Gasteiger charge is 2.09. The molecule has 0 saturated heterocycles. The predicted octanol–water partition coefficient (Wildman–Crippen LogP) is 3.70. The number of thiophene rings is 1. The number of hydrogen-bond donors (Lipinski definition) is 2. The standard InChI is InChI=1S/C15H17FN2OS/c1-10(12-4-3-5-13(16)8-12)17-9-15-14(6-7-20-15)18-11(2)19/h3-8,10,17H,9H2,1-2H3,(H,18,19). The van der Waals surface area contributed by atoms with E-state index in [1.54, 1.807) is 17.4 Å². The number of halogens is 1. The zero-order chi connectivity index (χ0) is 14.5. The summed E-state index contributed by atoms with van der Waals surface area (Å²) in [6, 6.07) is 8.49. The van der Waals surface area contributed by atoms with E-state index in [9.17, 15) is 9.18 Å². The number of amides is 1. The summed E-state index contributed by atoms with van der Waals surface area (Å²) in [5, 5.41) is 8.07. The summed E-state index contributed by atoms with van der Waals surface area (Å²) in [5.41, 5.74) is 1.74. The predicted molar refractivity (Wildman–Crippen MR) is 80.3 cm³/mol. The lowest BCUT2D eigenvalue weighted by molar-refractivity contribution is -0.114. The second-order valence-electron chi connectivity index (χ2n) is 4.60. The molecule has 0 bridgehead atoms. The van der Waals surface area contributed by atoms with Crippen molar-refractivity contribution in [1.82, 2.24) is 5.32 Å². The average Bonchev–Trinajstić information content (AvgIpc) is 2.82. The summed E-state index contributed by atoms with van der Waals surface area (Å²) in [6.45, 7) is 4.11. The molecule has 1 aromatic heterocycles. The van der Waals surface area contributed by atoms with Crippen molar-refractivity contribution in [2.75, 3.05) is 5.32 Å². The first kappa shape index (κ1) is 14.7. The minimum absolute atomic E-state index is 0.0398. The van der Waals surface area contributed by atoms with Gasteiger partial charge in [-0.2, -0.15) is 0 Å². The number of nitrogens with one attached hydrogen (secondary N) is 2. The van der Waals surface area contributed by atoms with Crippen molar-refractivity contribution in [3.8, 4) is 0 Å². The molecule has 0 aliphatic heterocycles. The number of rotatable bonds is 5. The van der Waals surface area contributed by atoms with E-state index in [1.807, 2.05) is 24.4 Å². The molecule has 0 saturated carbocycles. The third kappa shape index (κ3) is 3.88. The lowest BCUT2D eigenvalue weighted by Crippen LogP contribution is -2.18. The van der Waals surface area contributed by atoms with Crippen molar-refractivity contribution in [2.24, 2.45) is 0 Å². The van der Waals surface area contributed by atoms with E-state index >= 15 is 0 Å². The number of hydrogen-bond acceptors (Lipinski definition) is 3. The molecule has 2 N–H and O–H groups in total. The molecule has 20 heavy (non-hydrogen) atoms. The highest BCUT2D eigenvalue weighted by Crippen LogP contribution is 2.23. The number of carbonyl (C=O) groups excluding carboxylic acids is 1. The van der Waals surface area contributed by atoms with Crippen LogP contribution in [0.1, 0.15) is 30.3 Å². The third-order valence-electron chi connectivity index (χ3n) is 2.97. The van der Waals surface area contributed by atoms with Gasteiger partial charge in [-0.15, -0.1) is 11.3 Å². The van der Waals surface area contributed by atoms with Crippen LogP contribution in [0.3, 0.4) is 0 Å². The van der Waals surface area contributed by atoms with E-state index in [0.29, 0.717) is 6.54 Å². The van der Waals surface area contributed by atoms with Gasteiger partial charge in [0.2, 0.25) is 5.91 Å². The van der Waals surface area contributed by atoms with Crippen molar-refractivity contribution in [2.45, 2.75) is 26.4 Å². The van der Waals surface area contributed by atoms with Crippen molar-refractivity contribution in [3.63, 3.8) is 0 Å². The smallest absolute Gasteiger partial charge is 0.221 e. The van der Waals surface area contributed by atoms with E-state index in [0.717, 1.165) is 16.1 Å². The maximum Gasteiger partial charge on any atom is 0.221 e. The molecule has 1 aromatic carbocycles. The summed E-state index contributed by atoms with van der Waals surface area (Å²) in [6.07, 6.45) is 0. The number of carbonyl (C=O) groups is 1.